The van der Waals surface area contributed by atoms with E-state index < -0.39 is 11.7 Å². The van der Waals surface area contributed by atoms with Crippen LogP contribution in [-0.2, 0) is 6.18 Å². The lowest BCUT2D eigenvalue weighted by molar-refractivity contribution is -0.137. The van der Waals surface area contributed by atoms with Crippen LogP contribution in [0.1, 0.15) is 11.1 Å². The molecule has 21 heavy (non-hydrogen) atoms. The number of alkyl halides is 3. The fourth-order valence-corrected chi connectivity index (χ4v) is 1.75. The summed E-state index contributed by atoms with van der Waals surface area (Å²) in [6.07, 6.45) is -3.14. The van der Waals surface area contributed by atoms with E-state index in [4.69, 9.17) is 11.6 Å². The number of nitrogens with zero attached hydrogens (tertiary/aromatic N) is 1. The highest BCUT2D eigenvalue weighted by Gasteiger charge is 2.30. The minimum Gasteiger partial charge on any atom is -0.507 e. The van der Waals surface area contributed by atoms with Crippen molar-refractivity contribution in [3.63, 3.8) is 0 Å². The number of phenolic OH excluding ortho intramolecular Hbond substituents is 1. The Morgan fingerprint density at radius 2 is 1.90 bits per heavy atom. The molecule has 0 saturated heterocycles. The van der Waals surface area contributed by atoms with Gasteiger partial charge in [0, 0.05) is 10.6 Å². The highest BCUT2D eigenvalue weighted by atomic mass is 35.5. The van der Waals surface area contributed by atoms with Gasteiger partial charge in [0.05, 0.1) is 17.5 Å². The molecule has 7 heteroatoms. The summed E-state index contributed by atoms with van der Waals surface area (Å²) in [4.78, 5) is 0. The van der Waals surface area contributed by atoms with Gasteiger partial charge in [0.1, 0.15) is 5.75 Å². The first-order valence-electron chi connectivity index (χ1n) is 5.81. The van der Waals surface area contributed by atoms with Crippen LogP contribution in [0.5, 0.6) is 5.75 Å². The number of hydrogen-bond donors (Lipinski definition) is 2. The molecule has 2 aromatic carbocycles. The zero-order chi connectivity index (χ0) is 15.5. The number of anilines is 1. The molecule has 0 fully saturated rings. The average molecular weight is 315 g/mol. The Balaban J connectivity index is 2.13. The van der Waals surface area contributed by atoms with Crippen molar-refractivity contribution >= 4 is 23.5 Å². The van der Waals surface area contributed by atoms with Crippen LogP contribution in [0, 0.1) is 0 Å². The highest BCUT2D eigenvalue weighted by molar-refractivity contribution is 6.30. The average Bonchev–Trinajstić information content (AvgIpc) is 2.42. The fraction of sp³-hybridized carbons (Fsp3) is 0.0714. The van der Waals surface area contributed by atoms with Crippen LogP contribution in [0.2, 0.25) is 5.02 Å². The first kappa shape index (κ1) is 15.2. The predicted molar refractivity (Wildman–Crippen MR) is 75.8 cm³/mol. The second kappa shape index (κ2) is 6.05. The first-order chi connectivity index (χ1) is 9.86. The Bertz CT molecular complexity index is 672. The number of nitrogens with one attached hydrogen (secondary N) is 1. The maximum absolute atomic E-state index is 12.5. The van der Waals surface area contributed by atoms with Gasteiger partial charge < -0.3 is 5.11 Å². The van der Waals surface area contributed by atoms with E-state index in [1.807, 2.05) is 0 Å². The summed E-state index contributed by atoms with van der Waals surface area (Å²) >= 11 is 5.77. The van der Waals surface area contributed by atoms with Gasteiger partial charge in [-0.1, -0.05) is 17.7 Å². The lowest BCUT2D eigenvalue weighted by Crippen LogP contribution is -2.05. The lowest BCUT2D eigenvalue weighted by Gasteiger charge is -2.08. The van der Waals surface area contributed by atoms with Gasteiger partial charge >= 0.3 is 6.18 Å². The summed E-state index contributed by atoms with van der Waals surface area (Å²) in [5.74, 6) is -0.0333. The molecular weight excluding hydrogens is 305 g/mol. The Hall–Kier alpha value is -2.21. The van der Waals surface area contributed by atoms with Gasteiger partial charge in [-0.2, -0.15) is 18.3 Å². The van der Waals surface area contributed by atoms with Gasteiger partial charge in [0.2, 0.25) is 0 Å². The van der Waals surface area contributed by atoms with Crippen LogP contribution in [0.25, 0.3) is 0 Å². The number of rotatable bonds is 3. The Morgan fingerprint density at radius 3 is 2.62 bits per heavy atom. The van der Waals surface area contributed by atoms with Gasteiger partial charge in [-0.15, -0.1) is 0 Å². The van der Waals surface area contributed by atoms with E-state index >= 15 is 0 Å². The number of halogens is 4. The number of hydrogen-bond acceptors (Lipinski definition) is 3. The van der Waals surface area contributed by atoms with Crippen molar-refractivity contribution in [2.24, 2.45) is 5.10 Å². The molecule has 3 nitrogen and oxygen atoms in total. The summed E-state index contributed by atoms with van der Waals surface area (Å²) < 4.78 is 37.6. The molecule has 0 aliphatic rings. The monoisotopic (exact) mass is 314 g/mol. The molecule has 0 aromatic heterocycles. The quantitative estimate of drug-likeness (QED) is 0.646. The minimum absolute atomic E-state index is 0.0333. The smallest absolute Gasteiger partial charge is 0.416 e. The molecule has 0 heterocycles. The molecule has 2 N–H and O–H groups in total. The van der Waals surface area contributed by atoms with Crippen molar-refractivity contribution in [2.45, 2.75) is 6.18 Å². The normalized spacial score (nSPS) is 11.8. The molecule has 0 aliphatic heterocycles. The van der Waals surface area contributed by atoms with Gasteiger partial charge in [-0.05, 0) is 36.4 Å². The van der Waals surface area contributed by atoms with Crippen molar-refractivity contribution in [1.82, 2.24) is 0 Å². The molecule has 0 bridgehead atoms. The molecule has 0 unspecified atom stereocenters. The standard InChI is InChI=1S/C14H10ClF3N2O/c15-11-4-5-13(21)9(6-11)8-19-20-12-3-1-2-10(7-12)14(16,17)18/h1-8,20-21H/b19-8+. The summed E-state index contributed by atoms with van der Waals surface area (Å²) in [7, 11) is 0. The molecule has 110 valence electrons. The molecule has 0 aliphatic carbocycles. The summed E-state index contributed by atoms with van der Waals surface area (Å²) in [6.45, 7) is 0. The largest absolute Gasteiger partial charge is 0.507 e. The van der Waals surface area contributed by atoms with Crippen LogP contribution >= 0.6 is 11.6 Å². The fourth-order valence-electron chi connectivity index (χ4n) is 1.57. The van der Waals surface area contributed by atoms with Gasteiger partial charge in [0.25, 0.3) is 0 Å². The van der Waals surface area contributed by atoms with Crippen LogP contribution < -0.4 is 5.43 Å². The van der Waals surface area contributed by atoms with E-state index in [0.717, 1.165) is 12.1 Å². The summed E-state index contributed by atoms with van der Waals surface area (Å²) in [6, 6.07) is 9.02. The number of phenols is 1. The zero-order valence-electron chi connectivity index (χ0n) is 10.5. The summed E-state index contributed by atoms with van der Waals surface area (Å²) in [5.41, 5.74) is 2.23. The van der Waals surface area contributed by atoms with Crippen molar-refractivity contribution < 1.29 is 18.3 Å². The number of benzene rings is 2. The molecule has 0 radical (unpaired) electrons. The Labute approximate surface area is 123 Å². The molecule has 2 rings (SSSR count). The van der Waals surface area contributed by atoms with Crippen LogP contribution in [-0.4, -0.2) is 11.3 Å². The van der Waals surface area contributed by atoms with E-state index in [-0.39, 0.29) is 11.4 Å². The van der Waals surface area contributed by atoms with Crippen LogP contribution in [0.3, 0.4) is 0 Å². The van der Waals surface area contributed by atoms with E-state index in [1.54, 1.807) is 0 Å². The minimum atomic E-state index is -4.41. The first-order valence-corrected chi connectivity index (χ1v) is 6.19. The molecular formula is C14H10ClF3N2O. The van der Waals surface area contributed by atoms with E-state index in [2.05, 4.69) is 10.5 Å². The van der Waals surface area contributed by atoms with Gasteiger partial charge in [-0.3, -0.25) is 5.43 Å². The predicted octanol–water partition coefficient (Wildman–Crippen LogP) is 4.51. The Kier molecular flexibility index (Phi) is 4.37. The van der Waals surface area contributed by atoms with E-state index in [9.17, 15) is 18.3 Å². The van der Waals surface area contributed by atoms with Gasteiger partial charge in [0.15, 0.2) is 0 Å². The molecule has 0 amide bonds. The van der Waals surface area contributed by atoms with Crippen molar-refractivity contribution in [2.75, 3.05) is 5.43 Å². The van der Waals surface area contributed by atoms with Crippen LogP contribution in [0.15, 0.2) is 47.6 Å². The Morgan fingerprint density at radius 1 is 1.14 bits per heavy atom. The second-order valence-corrected chi connectivity index (χ2v) is 4.59. The molecule has 0 atom stereocenters. The van der Waals surface area contributed by atoms with E-state index in [0.29, 0.717) is 10.6 Å². The number of aromatic hydroxyl groups is 1. The highest BCUT2D eigenvalue weighted by Crippen LogP contribution is 2.30. The number of hydrazone groups is 1. The van der Waals surface area contributed by atoms with Crippen molar-refractivity contribution in [3.8, 4) is 5.75 Å². The maximum atomic E-state index is 12.5. The zero-order valence-corrected chi connectivity index (χ0v) is 11.3. The third-order valence-electron chi connectivity index (χ3n) is 2.58. The molecule has 2 aromatic rings. The van der Waals surface area contributed by atoms with E-state index in [1.165, 1.54) is 36.5 Å². The SMILES string of the molecule is Oc1ccc(Cl)cc1/C=N/Nc1cccc(C(F)(F)F)c1. The molecule has 0 saturated carbocycles. The maximum Gasteiger partial charge on any atom is 0.416 e. The van der Waals surface area contributed by atoms with Crippen molar-refractivity contribution in [1.29, 1.82) is 0 Å². The van der Waals surface area contributed by atoms with Crippen LogP contribution in [0.4, 0.5) is 18.9 Å². The summed E-state index contributed by atoms with van der Waals surface area (Å²) in [5, 5.41) is 13.7. The van der Waals surface area contributed by atoms with Crippen molar-refractivity contribution in [3.05, 3.63) is 58.6 Å². The lowest BCUT2D eigenvalue weighted by atomic mass is 10.2. The molecule has 0 spiro atoms. The second-order valence-electron chi connectivity index (χ2n) is 4.15. The third kappa shape index (κ3) is 4.13. The van der Waals surface area contributed by atoms with Gasteiger partial charge in [-0.25, -0.2) is 0 Å². The third-order valence-corrected chi connectivity index (χ3v) is 2.81. The topological polar surface area (TPSA) is 44.6 Å².